The Bertz CT molecular complexity index is 984. The van der Waals surface area contributed by atoms with Gasteiger partial charge in [-0.05, 0) is 162 Å². The SMILES string of the molecule is CC(C)C(CCC(C)[C@H]1CC[C@H]2[C@@H]3C(O)C[C@H]4CC(NCCCNCCCCN)CCC4(C)[C@H]3CCC12C)OS(=O)(=O)O.O. The van der Waals surface area contributed by atoms with Gasteiger partial charge in [0.1, 0.15) is 0 Å². The van der Waals surface area contributed by atoms with E-state index in [9.17, 15) is 18.1 Å². The highest BCUT2D eigenvalue weighted by Gasteiger charge is 2.62. The van der Waals surface area contributed by atoms with E-state index in [0.29, 0.717) is 53.4 Å². The van der Waals surface area contributed by atoms with Gasteiger partial charge in [-0.2, -0.15) is 8.42 Å². The molecular formula is C34H67N3O6S. The number of rotatable bonds is 16. The molecule has 6 unspecified atom stereocenters. The van der Waals surface area contributed by atoms with Crippen molar-refractivity contribution in [1.82, 2.24) is 10.6 Å². The number of nitrogens with one attached hydrogen (secondary N) is 2. The molecule has 0 radical (unpaired) electrons. The van der Waals surface area contributed by atoms with E-state index in [-0.39, 0.29) is 22.9 Å². The molecule has 11 atom stereocenters. The van der Waals surface area contributed by atoms with Crippen LogP contribution in [0.5, 0.6) is 0 Å². The zero-order valence-electron chi connectivity index (χ0n) is 28.4. The molecule has 4 aliphatic rings. The van der Waals surface area contributed by atoms with Crippen LogP contribution in [0.3, 0.4) is 0 Å². The molecule has 9 nitrogen and oxygen atoms in total. The number of aliphatic hydroxyl groups is 1. The average Bonchev–Trinajstić information content (AvgIpc) is 3.29. The van der Waals surface area contributed by atoms with Crippen LogP contribution in [-0.4, -0.2) is 68.0 Å². The molecule has 260 valence electrons. The van der Waals surface area contributed by atoms with E-state index < -0.39 is 16.5 Å². The minimum Gasteiger partial charge on any atom is -0.412 e. The fourth-order valence-corrected chi connectivity index (χ4v) is 11.3. The van der Waals surface area contributed by atoms with E-state index in [0.717, 1.165) is 58.3 Å². The van der Waals surface area contributed by atoms with E-state index in [1.54, 1.807) is 0 Å². The van der Waals surface area contributed by atoms with Gasteiger partial charge in [-0.1, -0.05) is 34.6 Å². The predicted molar refractivity (Wildman–Crippen MR) is 177 cm³/mol. The number of hydrogen-bond donors (Lipinski definition) is 5. The Kier molecular flexibility index (Phi) is 14.0. The van der Waals surface area contributed by atoms with Gasteiger partial charge in [-0.15, -0.1) is 0 Å². The zero-order chi connectivity index (χ0) is 31.4. The number of hydrogen-bond acceptors (Lipinski definition) is 7. The quantitative estimate of drug-likeness (QED) is 0.119. The summed E-state index contributed by atoms with van der Waals surface area (Å²) in [5, 5.41) is 19.2. The smallest absolute Gasteiger partial charge is 0.397 e. The van der Waals surface area contributed by atoms with Gasteiger partial charge < -0.3 is 26.9 Å². The zero-order valence-corrected chi connectivity index (χ0v) is 29.2. The maximum atomic E-state index is 11.8. The Morgan fingerprint density at radius 3 is 2.27 bits per heavy atom. The molecular weight excluding hydrogens is 578 g/mol. The van der Waals surface area contributed by atoms with Crippen molar-refractivity contribution < 1.29 is 27.7 Å². The largest absolute Gasteiger partial charge is 0.412 e. The second-order valence-electron chi connectivity index (χ2n) is 15.9. The van der Waals surface area contributed by atoms with Crippen molar-refractivity contribution in [1.29, 1.82) is 0 Å². The minimum absolute atomic E-state index is 0. The van der Waals surface area contributed by atoms with Crippen LogP contribution in [-0.2, 0) is 14.6 Å². The third-order valence-corrected chi connectivity index (χ3v) is 13.6. The fourth-order valence-electron chi connectivity index (χ4n) is 10.7. The summed E-state index contributed by atoms with van der Waals surface area (Å²) in [4.78, 5) is 0. The van der Waals surface area contributed by atoms with Gasteiger partial charge in [0.25, 0.3) is 0 Å². The first-order valence-corrected chi connectivity index (χ1v) is 19.1. The molecule has 0 saturated heterocycles. The Hall–Kier alpha value is -0.330. The van der Waals surface area contributed by atoms with Crippen molar-refractivity contribution >= 4 is 10.4 Å². The standard InChI is InChI=1S/C34H65N3O5S.H2O/c1-23(2)31(42-43(39,40)41)12-9-24(3)27-10-11-28-32-29(14-16-34(27,28)5)33(4)15-13-26(21-25(33)22-30(32)38)37-20-8-19-36-18-7-6-17-35;/h23-32,36-38H,6-22,35H2,1-5H3,(H,39,40,41);1H2/t24?,25-,26?,27-,28+,29+,30?,31?,32+,33?,34?;/m1./s1. The van der Waals surface area contributed by atoms with Gasteiger partial charge in [0.2, 0.25) is 0 Å². The Labute approximate surface area is 268 Å². The van der Waals surface area contributed by atoms with Gasteiger partial charge in [0.05, 0.1) is 12.2 Å². The van der Waals surface area contributed by atoms with Gasteiger partial charge >= 0.3 is 10.4 Å². The minimum atomic E-state index is -4.45. The maximum Gasteiger partial charge on any atom is 0.397 e. The van der Waals surface area contributed by atoms with Gasteiger partial charge in [0, 0.05) is 6.04 Å². The molecule has 0 aromatic rings. The lowest BCUT2D eigenvalue weighted by atomic mass is 9.43. The van der Waals surface area contributed by atoms with Crippen LogP contribution >= 0.6 is 0 Å². The summed E-state index contributed by atoms with van der Waals surface area (Å²) in [5.41, 5.74) is 6.13. The number of unbranched alkanes of at least 4 members (excludes halogenated alkanes) is 1. The average molecular weight is 646 g/mol. The lowest BCUT2D eigenvalue weighted by Crippen LogP contribution is -2.59. The molecule has 0 amide bonds. The van der Waals surface area contributed by atoms with Crippen LogP contribution in [0.4, 0.5) is 0 Å². The second-order valence-corrected chi connectivity index (χ2v) is 17.0. The summed E-state index contributed by atoms with van der Waals surface area (Å²) in [6.45, 7) is 15.3. The highest BCUT2D eigenvalue weighted by molar-refractivity contribution is 7.80. The summed E-state index contributed by atoms with van der Waals surface area (Å²) in [5.74, 6) is 3.21. The molecule has 4 saturated carbocycles. The van der Waals surface area contributed by atoms with Crippen molar-refractivity contribution in [3.8, 4) is 0 Å². The monoisotopic (exact) mass is 645 g/mol. The third kappa shape index (κ3) is 8.77. The molecule has 10 heteroatoms. The fraction of sp³-hybridized carbons (Fsp3) is 1.00. The summed E-state index contributed by atoms with van der Waals surface area (Å²) in [6, 6.07) is 0.573. The molecule has 0 heterocycles. The van der Waals surface area contributed by atoms with Gasteiger partial charge in [-0.3, -0.25) is 4.55 Å². The summed E-state index contributed by atoms with van der Waals surface area (Å²) in [6.07, 6.45) is 13.7. The van der Waals surface area contributed by atoms with E-state index in [1.165, 1.54) is 44.9 Å². The molecule has 0 spiro atoms. The van der Waals surface area contributed by atoms with Crippen LogP contribution in [0.2, 0.25) is 0 Å². The van der Waals surface area contributed by atoms with Crippen LogP contribution < -0.4 is 16.4 Å². The molecule has 4 aliphatic carbocycles. The molecule has 0 aromatic carbocycles. The first-order chi connectivity index (χ1) is 20.3. The molecule has 0 aliphatic heterocycles. The predicted octanol–water partition coefficient (Wildman–Crippen LogP) is 4.73. The Balaban J connectivity index is 0.00000529. The second kappa shape index (κ2) is 16.2. The van der Waals surface area contributed by atoms with Crippen LogP contribution in [0.1, 0.15) is 118 Å². The normalized spacial score (nSPS) is 38.3. The van der Waals surface area contributed by atoms with Gasteiger partial charge in [0.15, 0.2) is 0 Å². The first kappa shape index (κ1) is 38.1. The lowest BCUT2D eigenvalue weighted by molar-refractivity contribution is -0.167. The first-order valence-electron chi connectivity index (χ1n) is 17.8. The van der Waals surface area contributed by atoms with Crippen molar-refractivity contribution in [3.05, 3.63) is 0 Å². The number of fused-ring (bicyclic) bond motifs is 5. The van der Waals surface area contributed by atoms with Crippen LogP contribution in [0, 0.1) is 52.3 Å². The van der Waals surface area contributed by atoms with Crippen molar-refractivity contribution in [2.24, 2.45) is 58.0 Å². The lowest BCUT2D eigenvalue weighted by Gasteiger charge is -2.62. The van der Waals surface area contributed by atoms with Gasteiger partial charge in [-0.25, -0.2) is 4.18 Å². The van der Waals surface area contributed by atoms with Crippen molar-refractivity contribution in [2.75, 3.05) is 26.2 Å². The molecule has 0 aromatic heterocycles. The van der Waals surface area contributed by atoms with Crippen LogP contribution in [0.15, 0.2) is 0 Å². The number of nitrogens with two attached hydrogens (primary N) is 1. The highest BCUT2D eigenvalue weighted by Crippen LogP contribution is 2.68. The molecule has 8 N–H and O–H groups in total. The summed E-state index contributed by atoms with van der Waals surface area (Å²) < 4.78 is 37.1. The van der Waals surface area contributed by atoms with E-state index in [1.807, 2.05) is 13.8 Å². The highest BCUT2D eigenvalue weighted by atomic mass is 32.3. The maximum absolute atomic E-state index is 11.8. The molecule has 44 heavy (non-hydrogen) atoms. The summed E-state index contributed by atoms with van der Waals surface area (Å²) >= 11 is 0. The molecule has 4 fully saturated rings. The van der Waals surface area contributed by atoms with E-state index in [2.05, 4.69) is 31.4 Å². The van der Waals surface area contributed by atoms with Crippen molar-refractivity contribution in [2.45, 2.75) is 136 Å². The Morgan fingerprint density at radius 2 is 1.59 bits per heavy atom. The molecule has 4 rings (SSSR count). The van der Waals surface area contributed by atoms with Crippen molar-refractivity contribution in [3.63, 3.8) is 0 Å². The molecule has 0 bridgehead atoms. The third-order valence-electron chi connectivity index (χ3n) is 13.1. The van der Waals surface area contributed by atoms with Crippen LogP contribution in [0.25, 0.3) is 0 Å². The topological polar surface area (TPSA) is 165 Å². The van der Waals surface area contributed by atoms with E-state index in [4.69, 9.17) is 9.92 Å². The summed E-state index contributed by atoms with van der Waals surface area (Å²) in [7, 11) is -4.45. The van der Waals surface area contributed by atoms with E-state index >= 15 is 0 Å². The number of aliphatic hydroxyl groups excluding tert-OH is 1. The Morgan fingerprint density at radius 1 is 0.909 bits per heavy atom.